The van der Waals surface area contributed by atoms with E-state index >= 15 is 0 Å². The van der Waals surface area contributed by atoms with E-state index in [4.69, 9.17) is 4.74 Å². The molecular formula is C15H21BrN2O4S. The summed E-state index contributed by atoms with van der Waals surface area (Å²) in [5.74, 6) is -0.262. The van der Waals surface area contributed by atoms with Crippen molar-refractivity contribution in [1.82, 2.24) is 9.62 Å². The Morgan fingerprint density at radius 3 is 2.70 bits per heavy atom. The topological polar surface area (TPSA) is 75.7 Å². The largest absolute Gasteiger partial charge is 0.383 e. The van der Waals surface area contributed by atoms with E-state index < -0.39 is 16.1 Å². The molecule has 1 aromatic rings. The van der Waals surface area contributed by atoms with Crippen molar-refractivity contribution in [3.8, 4) is 0 Å². The molecule has 23 heavy (non-hydrogen) atoms. The fourth-order valence-electron chi connectivity index (χ4n) is 2.59. The first kappa shape index (κ1) is 18.4. The van der Waals surface area contributed by atoms with Crippen molar-refractivity contribution < 1.29 is 17.9 Å². The number of benzene rings is 1. The predicted molar refractivity (Wildman–Crippen MR) is 90.6 cm³/mol. The van der Waals surface area contributed by atoms with Gasteiger partial charge in [0.15, 0.2) is 0 Å². The van der Waals surface area contributed by atoms with Gasteiger partial charge in [0, 0.05) is 24.7 Å². The summed E-state index contributed by atoms with van der Waals surface area (Å²) >= 11 is 3.29. The minimum Gasteiger partial charge on any atom is -0.383 e. The maximum atomic E-state index is 12.8. The Morgan fingerprint density at radius 1 is 1.35 bits per heavy atom. The lowest BCUT2D eigenvalue weighted by atomic mass is 10.0. The molecule has 0 aliphatic carbocycles. The summed E-state index contributed by atoms with van der Waals surface area (Å²) in [6.07, 6.45) is 2.14. The molecule has 1 heterocycles. The molecule has 1 unspecified atom stereocenters. The average molecular weight is 405 g/mol. The molecule has 1 fully saturated rings. The maximum Gasteiger partial charge on any atom is 0.243 e. The van der Waals surface area contributed by atoms with Crippen LogP contribution in [-0.2, 0) is 19.6 Å². The lowest BCUT2D eigenvalue weighted by Crippen LogP contribution is -2.52. The highest BCUT2D eigenvalue weighted by molar-refractivity contribution is 9.10. The Bertz CT molecular complexity index is 633. The molecule has 1 saturated heterocycles. The smallest absolute Gasteiger partial charge is 0.243 e. The van der Waals surface area contributed by atoms with Crippen molar-refractivity contribution >= 4 is 31.9 Å². The monoisotopic (exact) mass is 404 g/mol. The van der Waals surface area contributed by atoms with Gasteiger partial charge in [-0.1, -0.05) is 22.4 Å². The zero-order valence-corrected chi connectivity index (χ0v) is 15.4. The van der Waals surface area contributed by atoms with Crippen LogP contribution < -0.4 is 5.32 Å². The van der Waals surface area contributed by atoms with Gasteiger partial charge in [-0.2, -0.15) is 4.31 Å². The van der Waals surface area contributed by atoms with Crippen LogP contribution in [0, 0.1) is 0 Å². The van der Waals surface area contributed by atoms with Gasteiger partial charge in [-0.25, -0.2) is 8.42 Å². The van der Waals surface area contributed by atoms with E-state index in [2.05, 4.69) is 21.2 Å². The van der Waals surface area contributed by atoms with Crippen molar-refractivity contribution in [3.05, 3.63) is 28.7 Å². The molecule has 0 radical (unpaired) electrons. The van der Waals surface area contributed by atoms with Gasteiger partial charge in [0.25, 0.3) is 0 Å². The van der Waals surface area contributed by atoms with Crippen LogP contribution in [0.25, 0.3) is 0 Å². The normalized spacial score (nSPS) is 19.5. The summed E-state index contributed by atoms with van der Waals surface area (Å²) in [6.45, 7) is 1.14. The second kappa shape index (κ2) is 8.23. The summed E-state index contributed by atoms with van der Waals surface area (Å²) in [5, 5.41) is 2.74. The Kier molecular flexibility index (Phi) is 6.58. The molecule has 0 bridgehead atoms. The second-order valence-corrected chi connectivity index (χ2v) is 8.17. The summed E-state index contributed by atoms with van der Waals surface area (Å²) in [6, 6.07) is 5.81. The fraction of sp³-hybridized carbons (Fsp3) is 0.533. The Labute approximate surface area is 145 Å². The third kappa shape index (κ3) is 4.53. The number of methoxy groups -OCH3 is 1. The van der Waals surface area contributed by atoms with Gasteiger partial charge >= 0.3 is 0 Å². The summed E-state index contributed by atoms with van der Waals surface area (Å²) < 4.78 is 32.7. The minimum absolute atomic E-state index is 0.206. The highest BCUT2D eigenvalue weighted by atomic mass is 79.9. The number of carbonyl (C=O) groups excluding carboxylic acids is 1. The van der Waals surface area contributed by atoms with E-state index in [-0.39, 0.29) is 10.8 Å². The summed E-state index contributed by atoms with van der Waals surface area (Å²) in [5.41, 5.74) is 0. The Balaban J connectivity index is 2.19. The van der Waals surface area contributed by atoms with Gasteiger partial charge in [-0.15, -0.1) is 0 Å². The fourth-order valence-corrected chi connectivity index (χ4v) is 4.51. The quantitative estimate of drug-likeness (QED) is 0.732. The first-order valence-corrected chi connectivity index (χ1v) is 9.74. The SMILES string of the molecule is COCCNC(=O)C1CCCCN1S(=O)(=O)c1ccc(Br)cc1. The van der Waals surface area contributed by atoms with Crippen LogP contribution in [0.2, 0.25) is 0 Å². The molecule has 8 heteroatoms. The van der Waals surface area contributed by atoms with Crippen LogP contribution in [-0.4, -0.2) is 51.5 Å². The molecule has 1 atom stereocenters. The first-order valence-electron chi connectivity index (χ1n) is 7.51. The van der Waals surface area contributed by atoms with E-state index in [1.54, 1.807) is 31.4 Å². The third-order valence-corrected chi connectivity index (χ3v) is 6.23. The third-order valence-electron chi connectivity index (χ3n) is 3.78. The number of rotatable bonds is 6. The van der Waals surface area contributed by atoms with Crippen LogP contribution in [0.15, 0.2) is 33.6 Å². The molecule has 6 nitrogen and oxygen atoms in total. The number of piperidine rings is 1. The highest BCUT2D eigenvalue weighted by Crippen LogP contribution is 2.26. The molecule has 1 N–H and O–H groups in total. The highest BCUT2D eigenvalue weighted by Gasteiger charge is 2.37. The van der Waals surface area contributed by atoms with Crippen LogP contribution in [0.4, 0.5) is 0 Å². The van der Waals surface area contributed by atoms with E-state index in [0.717, 1.165) is 17.3 Å². The van der Waals surface area contributed by atoms with Crippen molar-refractivity contribution in [2.45, 2.75) is 30.2 Å². The number of nitrogens with zero attached hydrogens (tertiary/aromatic N) is 1. The number of hydrogen-bond donors (Lipinski definition) is 1. The van der Waals surface area contributed by atoms with Crippen LogP contribution in [0.5, 0.6) is 0 Å². The molecule has 1 aromatic carbocycles. The molecule has 2 rings (SSSR count). The minimum atomic E-state index is -3.68. The number of carbonyl (C=O) groups is 1. The van der Waals surface area contributed by atoms with E-state index in [1.807, 2.05) is 0 Å². The zero-order chi connectivity index (χ0) is 16.9. The van der Waals surface area contributed by atoms with Crippen molar-refractivity contribution in [2.75, 3.05) is 26.8 Å². The lowest BCUT2D eigenvalue weighted by Gasteiger charge is -2.33. The molecule has 0 aromatic heterocycles. The molecular weight excluding hydrogens is 384 g/mol. The van der Waals surface area contributed by atoms with Crippen molar-refractivity contribution in [2.24, 2.45) is 0 Å². The Hall–Kier alpha value is -0.960. The van der Waals surface area contributed by atoms with Gasteiger partial charge in [0.1, 0.15) is 6.04 Å². The first-order chi connectivity index (χ1) is 11.0. The van der Waals surface area contributed by atoms with Crippen LogP contribution in [0.3, 0.4) is 0 Å². The van der Waals surface area contributed by atoms with Gasteiger partial charge in [-0.05, 0) is 37.1 Å². The average Bonchev–Trinajstić information content (AvgIpc) is 2.55. The van der Waals surface area contributed by atoms with Crippen molar-refractivity contribution in [1.29, 1.82) is 0 Å². The number of ether oxygens (including phenoxy) is 1. The van der Waals surface area contributed by atoms with E-state index in [9.17, 15) is 13.2 Å². The molecule has 1 amide bonds. The number of amides is 1. The predicted octanol–water partition coefficient (Wildman–Crippen LogP) is 1.75. The molecule has 0 saturated carbocycles. The van der Waals surface area contributed by atoms with Gasteiger partial charge in [0.2, 0.25) is 15.9 Å². The molecule has 0 spiro atoms. The van der Waals surface area contributed by atoms with Crippen LogP contribution >= 0.6 is 15.9 Å². The Morgan fingerprint density at radius 2 is 2.04 bits per heavy atom. The zero-order valence-electron chi connectivity index (χ0n) is 13.0. The van der Waals surface area contributed by atoms with Gasteiger partial charge in [-0.3, -0.25) is 4.79 Å². The maximum absolute atomic E-state index is 12.8. The van der Waals surface area contributed by atoms with Gasteiger partial charge in [0.05, 0.1) is 11.5 Å². The van der Waals surface area contributed by atoms with E-state index in [1.165, 1.54) is 4.31 Å². The molecule has 1 aliphatic rings. The number of halogens is 1. The number of sulfonamides is 1. The standard InChI is InChI=1S/C15H21BrN2O4S/c1-22-11-9-17-15(19)14-4-2-3-10-18(14)23(20,21)13-7-5-12(16)6-8-13/h5-8,14H,2-4,9-11H2,1H3,(H,17,19). The van der Waals surface area contributed by atoms with E-state index in [0.29, 0.717) is 26.1 Å². The second-order valence-electron chi connectivity index (χ2n) is 5.37. The summed E-state index contributed by atoms with van der Waals surface area (Å²) in [7, 11) is -2.13. The lowest BCUT2D eigenvalue weighted by molar-refractivity contribution is -0.125. The number of hydrogen-bond acceptors (Lipinski definition) is 4. The van der Waals surface area contributed by atoms with Gasteiger partial charge < -0.3 is 10.1 Å². The molecule has 1 aliphatic heterocycles. The molecule has 128 valence electrons. The number of nitrogens with one attached hydrogen (secondary N) is 1. The van der Waals surface area contributed by atoms with Crippen LogP contribution in [0.1, 0.15) is 19.3 Å². The summed E-state index contributed by atoms with van der Waals surface area (Å²) in [4.78, 5) is 12.5. The van der Waals surface area contributed by atoms with Crippen molar-refractivity contribution in [3.63, 3.8) is 0 Å².